The second-order valence-electron chi connectivity index (χ2n) is 6.46. The van der Waals surface area contributed by atoms with Gasteiger partial charge in [-0.1, -0.05) is 68.9 Å². The van der Waals surface area contributed by atoms with Crippen molar-refractivity contribution >= 4 is 62.4 Å². The first-order valence-electron chi connectivity index (χ1n) is 9.32. The third-order valence-electron chi connectivity index (χ3n) is 4.31. The standard InChI is InChI=1S/C24H17BrCl3NO2/c1-2-30-23-11-15(9-18(13-29)16-3-6-19(25)7-4-16)10-22(28)24(23)31-14-17-5-8-20(26)12-21(17)27/h3-12H,2,14H2,1H3/b18-9+. The first kappa shape index (κ1) is 23.5. The van der Waals surface area contributed by atoms with Crippen LogP contribution in [0.3, 0.4) is 0 Å². The Morgan fingerprint density at radius 3 is 2.39 bits per heavy atom. The predicted octanol–water partition coefficient (Wildman–Crippen LogP) is 8.45. The Labute approximate surface area is 204 Å². The predicted molar refractivity (Wildman–Crippen MR) is 131 cm³/mol. The van der Waals surface area contributed by atoms with Crippen LogP contribution in [0.15, 0.2) is 59.1 Å². The molecule has 158 valence electrons. The minimum absolute atomic E-state index is 0.202. The Morgan fingerprint density at radius 1 is 1.00 bits per heavy atom. The molecule has 7 heteroatoms. The van der Waals surface area contributed by atoms with Gasteiger partial charge in [0, 0.05) is 20.1 Å². The van der Waals surface area contributed by atoms with Gasteiger partial charge in [0.05, 0.1) is 23.3 Å². The molecule has 0 fully saturated rings. The maximum atomic E-state index is 9.62. The summed E-state index contributed by atoms with van der Waals surface area (Å²) in [6.07, 6.45) is 1.76. The van der Waals surface area contributed by atoms with Gasteiger partial charge in [0.2, 0.25) is 0 Å². The quantitative estimate of drug-likeness (QED) is 0.224. The lowest BCUT2D eigenvalue weighted by Gasteiger charge is -2.15. The summed E-state index contributed by atoms with van der Waals surface area (Å²) >= 11 is 22.1. The van der Waals surface area contributed by atoms with Crippen LogP contribution in [0.1, 0.15) is 23.6 Å². The van der Waals surface area contributed by atoms with E-state index in [1.54, 1.807) is 36.4 Å². The van der Waals surface area contributed by atoms with Gasteiger partial charge < -0.3 is 9.47 Å². The van der Waals surface area contributed by atoms with Crippen LogP contribution in [0.4, 0.5) is 0 Å². The van der Waals surface area contributed by atoms with Crippen molar-refractivity contribution < 1.29 is 9.47 Å². The lowest BCUT2D eigenvalue weighted by molar-refractivity contribution is 0.269. The number of hydrogen-bond acceptors (Lipinski definition) is 3. The van der Waals surface area contributed by atoms with Crippen molar-refractivity contribution in [1.82, 2.24) is 0 Å². The van der Waals surface area contributed by atoms with Crippen molar-refractivity contribution in [2.45, 2.75) is 13.5 Å². The molecule has 0 spiro atoms. The zero-order chi connectivity index (χ0) is 22.4. The van der Waals surface area contributed by atoms with Gasteiger partial charge in [-0.3, -0.25) is 0 Å². The fourth-order valence-electron chi connectivity index (χ4n) is 2.84. The first-order chi connectivity index (χ1) is 14.9. The van der Waals surface area contributed by atoms with Gasteiger partial charge in [0.25, 0.3) is 0 Å². The number of benzene rings is 3. The third kappa shape index (κ3) is 6.18. The fraction of sp³-hybridized carbons (Fsp3) is 0.125. The number of halogens is 4. The zero-order valence-electron chi connectivity index (χ0n) is 16.5. The molecule has 0 N–H and O–H groups in total. The average molecular weight is 538 g/mol. The van der Waals surface area contributed by atoms with E-state index in [0.29, 0.717) is 38.7 Å². The van der Waals surface area contributed by atoms with E-state index < -0.39 is 0 Å². The van der Waals surface area contributed by atoms with Crippen LogP contribution < -0.4 is 9.47 Å². The van der Waals surface area contributed by atoms with Crippen molar-refractivity contribution in [3.8, 4) is 17.6 Å². The van der Waals surface area contributed by atoms with E-state index in [9.17, 15) is 5.26 Å². The second kappa shape index (κ2) is 10.9. The highest BCUT2D eigenvalue weighted by atomic mass is 79.9. The van der Waals surface area contributed by atoms with Crippen molar-refractivity contribution in [3.05, 3.63) is 90.8 Å². The van der Waals surface area contributed by atoms with Crippen LogP contribution in [-0.2, 0) is 6.61 Å². The molecule has 0 aliphatic carbocycles. The van der Waals surface area contributed by atoms with Crippen LogP contribution in [0.2, 0.25) is 15.1 Å². The third-order valence-corrected chi connectivity index (χ3v) is 5.70. The van der Waals surface area contributed by atoms with E-state index in [1.807, 2.05) is 31.2 Å². The van der Waals surface area contributed by atoms with Crippen LogP contribution in [-0.4, -0.2) is 6.61 Å². The largest absolute Gasteiger partial charge is 0.490 e. The van der Waals surface area contributed by atoms with E-state index in [0.717, 1.165) is 21.2 Å². The summed E-state index contributed by atoms with van der Waals surface area (Å²) in [5.74, 6) is 0.897. The molecule has 0 saturated heterocycles. The van der Waals surface area contributed by atoms with Gasteiger partial charge >= 0.3 is 0 Å². The van der Waals surface area contributed by atoms with Gasteiger partial charge in [-0.15, -0.1) is 0 Å². The molecule has 0 heterocycles. The Kier molecular flexibility index (Phi) is 8.28. The van der Waals surface area contributed by atoms with Gasteiger partial charge in [-0.25, -0.2) is 0 Å². The van der Waals surface area contributed by atoms with Crippen LogP contribution in [0, 0.1) is 11.3 Å². The monoisotopic (exact) mass is 535 g/mol. The van der Waals surface area contributed by atoms with E-state index in [-0.39, 0.29) is 6.61 Å². The SMILES string of the molecule is CCOc1cc(/C=C(\C#N)c2ccc(Br)cc2)cc(Cl)c1OCc1ccc(Cl)cc1Cl. The second-order valence-corrected chi connectivity index (χ2v) is 8.63. The van der Waals surface area contributed by atoms with Crippen molar-refractivity contribution in [2.75, 3.05) is 6.61 Å². The number of ether oxygens (including phenoxy) is 2. The van der Waals surface area contributed by atoms with E-state index >= 15 is 0 Å². The van der Waals surface area contributed by atoms with Gasteiger partial charge in [0.1, 0.15) is 6.61 Å². The molecule has 0 amide bonds. The smallest absolute Gasteiger partial charge is 0.180 e. The molecule has 0 aliphatic heterocycles. The summed E-state index contributed by atoms with van der Waals surface area (Å²) in [7, 11) is 0. The minimum Gasteiger partial charge on any atom is -0.490 e. The number of hydrogen-bond donors (Lipinski definition) is 0. The molecular formula is C24H17BrCl3NO2. The molecule has 0 radical (unpaired) electrons. The molecule has 3 aromatic rings. The van der Waals surface area contributed by atoms with E-state index in [2.05, 4.69) is 22.0 Å². The van der Waals surface area contributed by atoms with E-state index in [1.165, 1.54) is 0 Å². The Morgan fingerprint density at radius 2 is 1.74 bits per heavy atom. The highest BCUT2D eigenvalue weighted by Gasteiger charge is 2.14. The van der Waals surface area contributed by atoms with Gasteiger partial charge in [-0.2, -0.15) is 5.26 Å². The zero-order valence-corrected chi connectivity index (χ0v) is 20.3. The highest BCUT2D eigenvalue weighted by molar-refractivity contribution is 9.10. The lowest BCUT2D eigenvalue weighted by atomic mass is 10.0. The molecule has 3 aromatic carbocycles. The van der Waals surface area contributed by atoms with Crippen LogP contribution in [0.5, 0.6) is 11.5 Å². The fourth-order valence-corrected chi connectivity index (χ4v) is 3.84. The summed E-state index contributed by atoms with van der Waals surface area (Å²) in [5.41, 5.74) is 2.81. The van der Waals surface area contributed by atoms with Crippen molar-refractivity contribution in [1.29, 1.82) is 5.26 Å². The maximum absolute atomic E-state index is 9.62. The molecule has 0 saturated carbocycles. The topological polar surface area (TPSA) is 42.2 Å². The Bertz CT molecular complexity index is 1150. The van der Waals surface area contributed by atoms with Crippen LogP contribution in [0.25, 0.3) is 11.6 Å². The van der Waals surface area contributed by atoms with Crippen molar-refractivity contribution in [3.63, 3.8) is 0 Å². The lowest BCUT2D eigenvalue weighted by Crippen LogP contribution is -2.01. The van der Waals surface area contributed by atoms with Crippen molar-refractivity contribution in [2.24, 2.45) is 0 Å². The summed E-state index contributed by atoms with van der Waals surface area (Å²) in [6.45, 7) is 2.51. The Balaban J connectivity index is 1.92. The summed E-state index contributed by atoms with van der Waals surface area (Å²) < 4.78 is 12.6. The molecule has 0 aliphatic rings. The number of allylic oxidation sites excluding steroid dienone is 1. The molecular weight excluding hydrogens is 521 g/mol. The first-order valence-corrected chi connectivity index (χ1v) is 11.2. The average Bonchev–Trinajstić information content (AvgIpc) is 2.73. The molecule has 3 rings (SSSR count). The van der Waals surface area contributed by atoms with Gasteiger partial charge in [-0.05, 0) is 60.5 Å². The number of nitrogens with zero attached hydrogens (tertiary/aromatic N) is 1. The molecule has 0 aromatic heterocycles. The summed E-state index contributed by atoms with van der Waals surface area (Å²) in [4.78, 5) is 0. The number of nitriles is 1. The van der Waals surface area contributed by atoms with Crippen LogP contribution >= 0.6 is 50.7 Å². The molecule has 0 bridgehead atoms. The maximum Gasteiger partial charge on any atom is 0.180 e. The normalized spacial score (nSPS) is 11.2. The van der Waals surface area contributed by atoms with Gasteiger partial charge in [0.15, 0.2) is 11.5 Å². The molecule has 31 heavy (non-hydrogen) atoms. The molecule has 0 atom stereocenters. The minimum atomic E-state index is 0.202. The van der Waals surface area contributed by atoms with E-state index in [4.69, 9.17) is 44.3 Å². The molecule has 0 unspecified atom stereocenters. The highest BCUT2D eigenvalue weighted by Crippen LogP contribution is 2.38. The number of rotatable bonds is 7. The summed E-state index contributed by atoms with van der Waals surface area (Å²) in [6, 6.07) is 18.5. The summed E-state index contributed by atoms with van der Waals surface area (Å²) in [5, 5.41) is 11.1. The molecule has 3 nitrogen and oxygen atoms in total. The Hall–Kier alpha value is -2.16.